The summed E-state index contributed by atoms with van der Waals surface area (Å²) in [6.07, 6.45) is -0.122. The van der Waals surface area contributed by atoms with Gasteiger partial charge in [-0.25, -0.2) is 0 Å². The SMILES string of the molecule is CCC(OC)C(=O)N(CC(=O)O)c1ccccc1. The fourth-order valence-electron chi connectivity index (χ4n) is 1.66. The van der Waals surface area contributed by atoms with Gasteiger partial charge in [-0.05, 0) is 18.6 Å². The zero-order valence-corrected chi connectivity index (χ0v) is 10.5. The van der Waals surface area contributed by atoms with Crippen LogP contribution < -0.4 is 4.90 Å². The third kappa shape index (κ3) is 3.56. The largest absolute Gasteiger partial charge is 0.480 e. The first-order valence-electron chi connectivity index (χ1n) is 5.71. The molecule has 0 aliphatic rings. The number of anilines is 1. The van der Waals surface area contributed by atoms with Crippen molar-refractivity contribution in [1.29, 1.82) is 0 Å². The van der Waals surface area contributed by atoms with E-state index in [1.807, 2.05) is 6.92 Å². The Morgan fingerprint density at radius 2 is 1.94 bits per heavy atom. The summed E-state index contributed by atoms with van der Waals surface area (Å²) in [6.45, 7) is 1.44. The molecule has 1 unspecified atom stereocenters. The average molecular weight is 251 g/mol. The number of aliphatic carboxylic acids is 1. The quantitative estimate of drug-likeness (QED) is 0.832. The fraction of sp³-hybridized carbons (Fsp3) is 0.385. The molecule has 1 N–H and O–H groups in total. The number of carboxylic acids is 1. The summed E-state index contributed by atoms with van der Waals surface area (Å²) >= 11 is 0. The maximum atomic E-state index is 12.2. The minimum atomic E-state index is -1.06. The molecule has 0 heterocycles. The van der Waals surface area contributed by atoms with Gasteiger partial charge in [0.25, 0.3) is 5.91 Å². The molecule has 0 fully saturated rings. The molecule has 1 atom stereocenters. The minimum Gasteiger partial charge on any atom is -0.480 e. The van der Waals surface area contributed by atoms with Crippen molar-refractivity contribution in [3.05, 3.63) is 30.3 Å². The summed E-state index contributed by atoms with van der Waals surface area (Å²) in [5.41, 5.74) is 0.556. The van der Waals surface area contributed by atoms with Crippen LogP contribution in [0.5, 0.6) is 0 Å². The highest BCUT2D eigenvalue weighted by Crippen LogP contribution is 2.16. The lowest BCUT2D eigenvalue weighted by molar-refractivity contribution is -0.138. The number of methoxy groups -OCH3 is 1. The number of rotatable bonds is 6. The first-order chi connectivity index (χ1) is 8.60. The maximum Gasteiger partial charge on any atom is 0.323 e. The maximum absolute atomic E-state index is 12.2. The normalized spacial score (nSPS) is 11.9. The molecule has 5 nitrogen and oxygen atoms in total. The summed E-state index contributed by atoms with van der Waals surface area (Å²) in [7, 11) is 1.44. The van der Waals surface area contributed by atoms with Crippen molar-refractivity contribution < 1.29 is 19.4 Å². The number of para-hydroxylation sites is 1. The van der Waals surface area contributed by atoms with Gasteiger partial charge in [0.1, 0.15) is 12.6 Å². The summed E-state index contributed by atoms with van der Waals surface area (Å²) in [5, 5.41) is 8.89. The van der Waals surface area contributed by atoms with Crippen LogP contribution in [-0.2, 0) is 14.3 Å². The van der Waals surface area contributed by atoms with Gasteiger partial charge in [-0.15, -0.1) is 0 Å². The molecule has 0 saturated carbocycles. The Balaban J connectivity index is 2.98. The van der Waals surface area contributed by atoms with Gasteiger partial charge in [-0.2, -0.15) is 0 Å². The molecule has 1 aromatic carbocycles. The van der Waals surface area contributed by atoms with Crippen LogP contribution in [0.2, 0.25) is 0 Å². The summed E-state index contributed by atoms with van der Waals surface area (Å²) in [4.78, 5) is 24.3. The molecule has 0 aliphatic heterocycles. The van der Waals surface area contributed by atoms with Crippen molar-refractivity contribution in [3.8, 4) is 0 Å². The van der Waals surface area contributed by atoms with E-state index in [4.69, 9.17) is 9.84 Å². The van der Waals surface area contributed by atoms with Gasteiger partial charge in [0, 0.05) is 12.8 Å². The third-order valence-electron chi connectivity index (χ3n) is 2.56. The zero-order chi connectivity index (χ0) is 13.5. The molecule has 1 amide bonds. The number of carbonyl (C=O) groups is 2. The zero-order valence-electron chi connectivity index (χ0n) is 10.5. The molecule has 0 aliphatic carbocycles. The van der Waals surface area contributed by atoms with Gasteiger partial charge in [0.2, 0.25) is 0 Å². The number of ether oxygens (including phenoxy) is 1. The smallest absolute Gasteiger partial charge is 0.323 e. The average Bonchev–Trinajstić information content (AvgIpc) is 2.38. The summed E-state index contributed by atoms with van der Waals surface area (Å²) in [6, 6.07) is 8.71. The number of carbonyl (C=O) groups excluding carboxylic acids is 1. The van der Waals surface area contributed by atoms with E-state index in [1.165, 1.54) is 12.0 Å². The van der Waals surface area contributed by atoms with Gasteiger partial charge in [0.15, 0.2) is 0 Å². The lowest BCUT2D eigenvalue weighted by Crippen LogP contribution is -2.42. The number of hydrogen-bond donors (Lipinski definition) is 1. The Kier molecular flexibility index (Phi) is 5.32. The number of hydrogen-bond acceptors (Lipinski definition) is 3. The first kappa shape index (κ1) is 14.2. The van der Waals surface area contributed by atoms with Crippen LogP contribution in [0.25, 0.3) is 0 Å². The van der Waals surface area contributed by atoms with Crippen LogP contribution in [0.1, 0.15) is 13.3 Å². The lowest BCUT2D eigenvalue weighted by Gasteiger charge is -2.24. The lowest BCUT2D eigenvalue weighted by atomic mass is 10.2. The van der Waals surface area contributed by atoms with E-state index in [2.05, 4.69) is 0 Å². The van der Waals surface area contributed by atoms with E-state index >= 15 is 0 Å². The molecular weight excluding hydrogens is 234 g/mol. The Bertz CT molecular complexity index is 401. The van der Waals surface area contributed by atoms with Crippen molar-refractivity contribution >= 4 is 17.6 Å². The molecule has 5 heteroatoms. The first-order valence-corrected chi connectivity index (χ1v) is 5.71. The molecule has 1 rings (SSSR count). The van der Waals surface area contributed by atoms with Crippen LogP contribution in [-0.4, -0.2) is 36.7 Å². The monoisotopic (exact) mass is 251 g/mol. The van der Waals surface area contributed by atoms with Crippen molar-refractivity contribution in [1.82, 2.24) is 0 Å². The van der Waals surface area contributed by atoms with Gasteiger partial charge >= 0.3 is 5.97 Å². The molecule has 18 heavy (non-hydrogen) atoms. The van der Waals surface area contributed by atoms with Crippen molar-refractivity contribution in [2.24, 2.45) is 0 Å². The molecule has 0 aromatic heterocycles. The minimum absolute atomic E-state index is 0.339. The summed E-state index contributed by atoms with van der Waals surface area (Å²) in [5.74, 6) is -1.40. The van der Waals surface area contributed by atoms with Gasteiger partial charge < -0.3 is 9.84 Å². The van der Waals surface area contributed by atoms with Crippen molar-refractivity contribution in [2.75, 3.05) is 18.6 Å². The topological polar surface area (TPSA) is 66.8 Å². The molecule has 0 bridgehead atoms. The predicted molar refractivity (Wildman–Crippen MR) is 67.5 cm³/mol. The second-order valence-corrected chi connectivity index (χ2v) is 3.79. The van der Waals surface area contributed by atoms with Crippen molar-refractivity contribution in [2.45, 2.75) is 19.4 Å². The number of amides is 1. The second kappa shape index (κ2) is 6.76. The standard InChI is InChI=1S/C13H17NO4/c1-3-11(18-2)13(17)14(9-12(15)16)10-7-5-4-6-8-10/h4-8,11H,3,9H2,1-2H3,(H,15,16). The summed E-state index contributed by atoms with van der Waals surface area (Å²) < 4.78 is 5.06. The van der Waals surface area contributed by atoms with E-state index in [9.17, 15) is 9.59 Å². The number of benzene rings is 1. The van der Waals surface area contributed by atoms with Crippen LogP contribution >= 0.6 is 0 Å². The molecule has 0 spiro atoms. The van der Waals surface area contributed by atoms with Gasteiger partial charge in [0.05, 0.1) is 0 Å². The van der Waals surface area contributed by atoms with E-state index in [-0.39, 0.29) is 12.5 Å². The fourth-order valence-corrected chi connectivity index (χ4v) is 1.66. The Hall–Kier alpha value is -1.88. The molecule has 0 saturated heterocycles. The van der Waals surface area contributed by atoms with Crippen molar-refractivity contribution in [3.63, 3.8) is 0 Å². The van der Waals surface area contributed by atoms with Gasteiger partial charge in [-0.3, -0.25) is 14.5 Å². The van der Waals surface area contributed by atoms with E-state index in [1.54, 1.807) is 30.3 Å². The van der Waals surface area contributed by atoms with Gasteiger partial charge in [-0.1, -0.05) is 25.1 Å². The van der Waals surface area contributed by atoms with Crippen LogP contribution in [0.4, 0.5) is 5.69 Å². The van der Waals surface area contributed by atoms with Crippen LogP contribution in [0, 0.1) is 0 Å². The van der Waals surface area contributed by atoms with Crippen LogP contribution in [0.3, 0.4) is 0 Å². The van der Waals surface area contributed by atoms with E-state index < -0.39 is 12.1 Å². The second-order valence-electron chi connectivity index (χ2n) is 3.79. The predicted octanol–water partition coefficient (Wildman–Crippen LogP) is 1.53. The van der Waals surface area contributed by atoms with Crippen LogP contribution in [0.15, 0.2) is 30.3 Å². The molecule has 98 valence electrons. The third-order valence-corrected chi connectivity index (χ3v) is 2.56. The highest BCUT2D eigenvalue weighted by molar-refractivity contribution is 5.99. The Morgan fingerprint density at radius 3 is 2.39 bits per heavy atom. The number of nitrogens with zero attached hydrogens (tertiary/aromatic N) is 1. The Labute approximate surface area is 106 Å². The Morgan fingerprint density at radius 1 is 1.33 bits per heavy atom. The highest BCUT2D eigenvalue weighted by atomic mass is 16.5. The molecule has 0 radical (unpaired) electrons. The highest BCUT2D eigenvalue weighted by Gasteiger charge is 2.25. The molecular formula is C13H17NO4. The van der Waals surface area contributed by atoms with E-state index in [0.717, 1.165) is 0 Å². The molecule has 1 aromatic rings. The number of carboxylic acid groups (broad SMARTS) is 1. The van der Waals surface area contributed by atoms with E-state index in [0.29, 0.717) is 12.1 Å².